The molecule has 1 aliphatic carbocycles. The molecule has 4 aromatic rings. The number of hydrogen-bond acceptors (Lipinski definition) is 5. The van der Waals surface area contributed by atoms with Gasteiger partial charge < -0.3 is 4.74 Å². The molecule has 0 atom stereocenters. The van der Waals surface area contributed by atoms with Crippen molar-refractivity contribution in [3.63, 3.8) is 0 Å². The Bertz CT molecular complexity index is 1360. The maximum Gasteiger partial charge on any atom is 0.306 e. The first-order valence-electron chi connectivity index (χ1n) is 11.3. The van der Waals surface area contributed by atoms with Crippen LogP contribution in [0.3, 0.4) is 0 Å². The van der Waals surface area contributed by atoms with E-state index in [0.29, 0.717) is 28.6 Å². The van der Waals surface area contributed by atoms with Crippen LogP contribution in [0.2, 0.25) is 5.02 Å². The molecule has 1 aliphatic rings. The van der Waals surface area contributed by atoms with E-state index in [4.69, 9.17) is 16.3 Å². The van der Waals surface area contributed by atoms with Crippen molar-refractivity contribution >= 4 is 35.6 Å². The summed E-state index contributed by atoms with van der Waals surface area (Å²) in [6.45, 7) is 0.299. The van der Waals surface area contributed by atoms with Crippen LogP contribution in [0.5, 0.6) is 0 Å². The Morgan fingerprint density at radius 2 is 1.66 bits per heavy atom. The minimum atomic E-state index is -0.269. The molecule has 1 heterocycles. The standard InChI is InChI=1S/C29H22ClNO3S/c30-26-12-5-13-27(35-29-19(17-32)7-6-16-31-29)24(26)14-15-28(33)34-18-25-22-10-3-1-8-20(22)21-9-2-4-11-23(21)25/h1-13,16-17,25H,14-15,18H2. The van der Waals surface area contributed by atoms with E-state index in [-0.39, 0.29) is 18.3 Å². The highest BCUT2D eigenvalue weighted by molar-refractivity contribution is 7.99. The molecule has 0 amide bonds. The van der Waals surface area contributed by atoms with E-state index in [2.05, 4.69) is 29.2 Å². The van der Waals surface area contributed by atoms with E-state index in [1.165, 1.54) is 34.0 Å². The largest absolute Gasteiger partial charge is 0.465 e. The number of pyridine rings is 1. The van der Waals surface area contributed by atoms with Crippen LogP contribution in [0.4, 0.5) is 0 Å². The number of esters is 1. The molecule has 0 aliphatic heterocycles. The number of rotatable bonds is 8. The average Bonchev–Trinajstić information content (AvgIpc) is 3.21. The summed E-state index contributed by atoms with van der Waals surface area (Å²) in [5.41, 5.74) is 6.13. The number of fused-ring (bicyclic) bond motifs is 3. The Kier molecular flexibility index (Phi) is 6.98. The molecule has 5 rings (SSSR count). The molecule has 0 saturated heterocycles. The van der Waals surface area contributed by atoms with Gasteiger partial charge in [-0.25, -0.2) is 4.98 Å². The summed E-state index contributed by atoms with van der Waals surface area (Å²) in [6, 6.07) is 25.6. The summed E-state index contributed by atoms with van der Waals surface area (Å²) in [7, 11) is 0. The Balaban J connectivity index is 1.27. The monoisotopic (exact) mass is 499 g/mol. The lowest BCUT2D eigenvalue weighted by Gasteiger charge is -2.15. The van der Waals surface area contributed by atoms with Crippen molar-refractivity contribution in [3.05, 3.63) is 112 Å². The quantitative estimate of drug-likeness (QED) is 0.193. The van der Waals surface area contributed by atoms with Crippen molar-refractivity contribution in [2.24, 2.45) is 0 Å². The van der Waals surface area contributed by atoms with Crippen molar-refractivity contribution in [1.29, 1.82) is 0 Å². The van der Waals surface area contributed by atoms with E-state index in [1.54, 1.807) is 24.4 Å². The van der Waals surface area contributed by atoms with Crippen LogP contribution in [0.1, 0.15) is 39.4 Å². The molecule has 0 saturated carbocycles. The Morgan fingerprint density at radius 3 is 2.37 bits per heavy atom. The van der Waals surface area contributed by atoms with E-state index in [0.717, 1.165) is 16.7 Å². The zero-order chi connectivity index (χ0) is 24.2. The van der Waals surface area contributed by atoms with Crippen LogP contribution in [0, 0.1) is 0 Å². The molecule has 0 bridgehead atoms. The fourth-order valence-electron chi connectivity index (χ4n) is 4.47. The van der Waals surface area contributed by atoms with Gasteiger partial charge in [0, 0.05) is 34.0 Å². The molecule has 0 spiro atoms. The highest BCUT2D eigenvalue weighted by Crippen LogP contribution is 2.44. The Morgan fingerprint density at radius 1 is 0.943 bits per heavy atom. The molecular formula is C29H22ClNO3S. The summed E-state index contributed by atoms with van der Waals surface area (Å²) in [5, 5.41) is 1.18. The lowest BCUT2D eigenvalue weighted by molar-refractivity contribution is -0.143. The topological polar surface area (TPSA) is 56.3 Å². The van der Waals surface area contributed by atoms with Gasteiger partial charge in [0.25, 0.3) is 0 Å². The molecule has 3 aromatic carbocycles. The number of aldehydes is 1. The van der Waals surface area contributed by atoms with E-state index in [9.17, 15) is 9.59 Å². The number of hydrogen-bond donors (Lipinski definition) is 0. The average molecular weight is 500 g/mol. The van der Waals surface area contributed by atoms with Gasteiger partial charge >= 0.3 is 5.97 Å². The van der Waals surface area contributed by atoms with Gasteiger partial charge in [0.2, 0.25) is 0 Å². The zero-order valence-electron chi connectivity index (χ0n) is 18.8. The molecule has 0 N–H and O–H groups in total. The second-order valence-corrected chi connectivity index (χ2v) is 9.68. The summed E-state index contributed by atoms with van der Waals surface area (Å²) in [6.07, 6.45) is 3.07. The van der Waals surface area contributed by atoms with E-state index in [1.807, 2.05) is 36.4 Å². The minimum absolute atomic E-state index is 0.0312. The maximum absolute atomic E-state index is 12.7. The van der Waals surface area contributed by atoms with Crippen LogP contribution in [0.15, 0.2) is 95.0 Å². The maximum atomic E-state index is 12.7. The molecule has 0 fully saturated rings. The third kappa shape index (κ3) is 4.88. The smallest absolute Gasteiger partial charge is 0.306 e. The minimum Gasteiger partial charge on any atom is -0.465 e. The number of nitrogens with zero attached hydrogens (tertiary/aromatic N) is 1. The van der Waals surface area contributed by atoms with Crippen molar-refractivity contribution < 1.29 is 14.3 Å². The van der Waals surface area contributed by atoms with Crippen LogP contribution >= 0.6 is 23.4 Å². The zero-order valence-corrected chi connectivity index (χ0v) is 20.4. The molecule has 35 heavy (non-hydrogen) atoms. The van der Waals surface area contributed by atoms with E-state index >= 15 is 0 Å². The fraction of sp³-hybridized carbons (Fsp3) is 0.138. The first-order chi connectivity index (χ1) is 17.2. The van der Waals surface area contributed by atoms with Gasteiger partial charge in [0.1, 0.15) is 11.6 Å². The van der Waals surface area contributed by atoms with Gasteiger partial charge in [-0.3, -0.25) is 9.59 Å². The highest BCUT2D eigenvalue weighted by atomic mass is 35.5. The summed E-state index contributed by atoms with van der Waals surface area (Å²) in [4.78, 5) is 29.3. The molecule has 0 radical (unpaired) electrons. The lowest BCUT2D eigenvalue weighted by Crippen LogP contribution is -2.13. The molecular weight excluding hydrogens is 478 g/mol. The van der Waals surface area contributed by atoms with Crippen LogP contribution < -0.4 is 0 Å². The molecule has 174 valence electrons. The molecule has 4 nitrogen and oxygen atoms in total. The van der Waals surface area contributed by atoms with Gasteiger partial charge in [-0.2, -0.15) is 0 Å². The number of ether oxygens (including phenoxy) is 1. The SMILES string of the molecule is O=Cc1cccnc1Sc1cccc(Cl)c1CCC(=O)OCC1c2ccccc2-c2ccccc21. The fourth-order valence-corrected chi connectivity index (χ4v) is 5.84. The molecule has 6 heteroatoms. The normalized spacial score (nSPS) is 12.1. The summed E-state index contributed by atoms with van der Waals surface area (Å²) in [5.74, 6) is -0.238. The van der Waals surface area contributed by atoms with Gasteiger partial charge in [-0.1, -0.05) is 78.0 Å². The van der Waals surface area contributed by atoms with E-state index < -0.39 is 0 Å². The first-order valence-corrected chi connectivity index (χ1v) is 12.5. The third-order valence-electron chi connectivity index (χ3n) is 6.16. The highest BCUT2D eigenvalue weighted by Gasteiger charge is 2.29. The van der Waals surface area contributed by atoms with Crippen LogP contribution in [0.25, 0.3) is 11.1 Å². The summed E-state index contributed by atoms with van der Waals surface area (Å²) >= 11 is 7.86. The summed E-state index contributed by atoms with van der Waals surface area (Å²) < 4.78 is 5.75. The molecule has 0 unspecified atom stereocenters. The predicted octanol–water partition coefficient (Wildman–Crippen LogP) is 6.99. The van der Waals surface area contributed by atoms with Crippen molar-refractivity contribution in [1.82, 2.24) is 4.98 Å². The van der Waals surface area contributed by atoms with Crippen molar-refractivity contribution in [2.75, 3.05) is 6.61 Å². The number of carbonyl (C=O) groups excluding carboxylic acids is 2. The Hall–Kier alpha value is -3.41. The first kappa shape index (κ1) is 23.3. The molecule has 1 aromatic heterocycles. The lowest BCUT2D eigenvalue weighted by atomic mass is 9.98. The number of benzene rings is 3. The number of carbonyl (C=O) groups is 2. The van der Waals surface area contributed by atoms with Crippen LogP contribution in [-0.4, -0.2) is 23.8 Å². The van der Waals surface area contributed by atoms with Gasteiger partial charge in [0.05, 0.1) is 0 Å². The van der Waals surface area contributed by atoms with Gasteiger partial charge in [0.15, 0.2) is 6.29 Å². The third-order valence-corrected chi connectivity index (χ3v) is 7.65. The van der Waals surface area contributed by atoms with Crippen molar-refractivity contribution in [3.8, 4) is 11.1 Å². The second kappa shape index (κ2) is 10.5. The Labute approximate surface area is 213 Å². The number of halogens is 1. The van der Waals surface area contributed by atoms with Crippen molar-refractivity contribution in [2.45, 2.75) is 28.7 Å². The predicted molar refractivity (Wildman–Crippen MR) is 138 cm³/mol. The van der Waals surface area contributed by atoms with Gasteiger partial charge in [-0.05, 0) is 58.5 Å². The van der Waals surface area contributed by atoms with Crippen LogP contribution in [-0.2, 0) is 16.0 Å². The van der Waals surface area contributed by atoms with Gasteiger partial charge in [-0.15, -0.1) is 0 Å². The number of aromatic nitrogens is 1. The second-order valence-electron chi connectivity index (χ2n) is 8.24.